The normalized spacial score (nSPS) is 12.1. The fourth-order valence-corrected chi connectivity index (χ4v) is 20.0. The summed E-state index contributed by atoms with van der Waals surface area (Å²) in [5.41, 5.74) is 33.2. The van der Waals surface area contributed by atoms with Crippen LogP contribution in [0, 0.1) is 34.6 Å². The van der Waals surface area contributed by atoms with Crippen LogP contribution in [0.25, 0.3) is 180 Å². The van der Waals surface area contributed by atoms with Crippen LogP contribution in [0.1, 0.15) is 52.8 Å². The van der Waals surface area contributed by atoms with Gasteiger partial charge in [-0.05, 0) is 219 Å². The van der Waals surface area contributed by atoms with E-state index in [1.807, 2.05) is 11.3 Å². The van der Waals surface area contributed by atoms with Crippen molar-refractivity contribution in [3.05, 3.63) is 451 Å². The van der Waals surface area contributed by atoms with Gasteiger partial charge in [-0.25, -0.2) is 0 Å². The Morgan fingerprint density at radius 3 is 0.967 bits per heavy atom. The van der Waals surface area contributed by atoms with Gasteiger partial charge in [-0.2, -0.15) is 0 Å². The summed E-state index contributed by atoms with van der Waals surface area (Å²) < 4.78 is 14.6. The lowest BCUT2D eigenvalue weighted by Crippen LogP contribution is -2.14. The molecule has 25 rings (SSSR count). The maximum atomic E-state index is 2.44. The second-order valence-corrected chi connectivity index (χ2v) is 34.2. The van der Waals surface area contributed by atoms with Gasteiger partial charge in [0.1, 0.15) is 0 Å². The van der Waals surface area contributed by atoms with Gasteiger partial charge in [0, 0.05) is 108 Å². The summed E-state index contributed by atoms with van der Waals surface area (Å²) in [6, 6.07) is 149. The van der Waals surface area contributed by atoms with Gasteiger partial charge in [0.15, 0.2) is 0 Å². The summed E-state index contributed by atoms with van der Waals surface area (Å²) >= 11 is 1.88. The Hall–Kier alpha value is -14.8. The zero-order valence-corrected chi connectivity index (χ0v) is 70.2. The van der Waals surface area contributed by atoms with Gasteiger partial charge in [0.05, 0.1) is 55.2 Å². The highest BCUT2D eigenvalue weighted by molar-refractivity contribution is 7.25. The molecule has 0 unspecified atom stereocenters. The number of fused-ring (bicyclic) bond motifs is 21. The van der Waals surface area contributed by atoms with Crippen molar-refractivity contribution in [1.82, 2.24) is 22.8 Å². The summed E-state index contributed by atoms with van der Waals surface area (Å²) in [5.74, 6) is 0. The van der Waals surface area contributed by atoms with E-state index in [0.29, 0.717) is 0 Å². The fraction of sp³-hybridized carbons (Fsp3) is 0.0690. The number of thiophene rings is 1. The van der Waals surface area contributed by atoms with Crippen LogP contribution >= 0.6 is 11.3 Å². The van der Waals surface area contributed by atoms with Crippen molar-refractivity contribution in [2.24, 2.45) is 0 Å². The number of hydrogen-bond acceptors (Lipinski definition) is 1. The van der Waals surface area contributed by atoms with Crippen LogP contribution in [-0.2, 0) is 5.41 Å². The molecule has 0 atom stereocenters. The molecule has 1 aliphatic carbocycles. The van der Waals surface area contributed by atoms with Gasteiger partial charge in [-0.15, -0.1) is 11.3 Å². The zero-order chi connectivity index (χ0) is 82.3. The van der Waals surface area contributed by atoms with Crippen LogP contribution in [0.2, 0.25) is 0 Å². The number of benzene rings is 18. The molecule has 18 aromatic carbocycles. The van der Waals surface area contributed by atoms with Crippen molar-refractivity contribution in [2.45, 2.75) is 53.9 Å². The van der Waals surface area contributed by atoms with E-state index in [0.717, 1.165) is 0 Å². The smallest absolute Gasteiger partial charge is 0.0555 e. The standard InChI is InChI=1S/C28H23N.C25H17NS.C25H19N.2C19H15N/c1-18-12-14-19(15-13-18)29-26-11-7-5-9-21(26)23-16-22-20-8-4-6-10-24(20)28(2,3)25(22)17-27(23)29;1-16-10-12-17(13-11-16)26-22-8-4-2-6-18(22)20-14-21-19-7-3-5-9-24(19)27-25(21)15-23(20)26;1-18-11-14-21(15-12-18)26-24-10-6-5-9-22(24)23-17-20(13-16-25(23)26)19-7-3-2-4-8-19;1-14-7-6-8-15(13-14)20-18-11-4-2-9-16(18)17-10-3-5-12-19(17)20;1-14-10-12-15(13-11-14)20-18-8-4-2-6-16(18)17-7-3-5-9-19(17)20/h4-17H,1-3H3;2-15H,1H3;2-17H,1H3;2*2-13H,1H3. The lowest BCUT2D eigenvalue weighted by Gasteiger charge is -2.21. The molecule has 0 aliphatic heterocycles. The van der Waals surface area contributed by atoms with Crippen LogP contribution in [0.15, 0.2) is 413 Å². The highest BCUT2D eigenvalue weighted by Gasteiger charge is 2.36. The average Bonchev–Trinajstić information content (AvgIpc) is 1.54. The molecule has 0 bridgehead atoms. The summed E-state index contributed by atoms with van der Waals surface area (Å²) in [7, 11) is 0. The molecule has 24 aromatic rings. The van der Waals surface area contributed by atoms with Crippen LogP contribution in [0.3, 0.4) is 0 Å². The third-order valence-corrected chi connectivity index (χ3v) is 26.0. The van der Waals surface area contributed by atoms with Crippen molar-refractivity contribution >= 4 is 141 Å². The minimum atomic E-state index is 0.00861. The maximum Gasteiger partial charge on any atom is 0.0555 e. The SMILES string of the molecule is Cc1ccc(-n2c3ccccc3c3cc(-c4ccccc4)ccc32)cc1.Cc1ccc(-n2c3ccccc3c3cc4c(cc32)C(C)(C)c2ccccc2-4)cc1.Cc1ccc(-n2c3ccccc3c3cc4c(cc32)sc2ccccc24)cc1.Cc1ccc(-n2c3ccccc3c3ccccc32)cc1.Cc1cccc(-n2c3ccccc3c3ccccc32)c1. The molecule has 0 N–H and O–H groups in total. The minimum Gasteiger partial charge on any atom is -0.309 e. The summed E-state index contributed by atoms with van der Waals surface area (Å²) in [6.07, 6.45) is 0. The van der Waals surface area contributed by atoms with Crippen LogP contribution in [0.5, 0.6) is 0 Å². The first kappa shape index (κ1) is 74.7. The Morgan fingerprint density at radius 2 is 0.525 bits per heavy atom. The van der Waals surface area contributed by atoms with E-state index in [1.165, 1.54) is 219 Å². The first-order chi connectivity index (χ1) is 59.8. The van der Waals surface area contributed by atoms with Crippen molar-refractivity contribution < 1.29 is 0 Å². The second kappa shape index (κ2) is 30.8. The van der Waals surface area contributed by atoms with Gasteiger partial charge in [0.2, 0.25) is 0 Å². The topological polar surface area (TPSA) is 24.6 Å². The van der Waals surface area contributed by atoms with Crippen molar-refractivity contribution in [3.63, 3.8) is 0 Å². The van der Waals surface area contributed by atoms with E-state index < -0.39 is 0 Å². The van der Waals surface area contributed by atoms with Crippen LogP contribution in [-0.4, -0.2) is 22.8 Å². The number of para-hydroxylation sites is 7. The fourth-order valence-electron chi connectivity index (χ4n) is 18.9. The monoisotopic (exact) mass is 1580 g/mol. The zero-order valence-electron chi connectivity index (χ0n) is 69.4. The molecule has 6 heteroatoms. The molecule has 0 amide bonds. The van der Waals surface area contributed by atoms with Gasteiger partial charge in [-0.3, -0.25) is 0 Å². The Balaban J connectivity index is 0.0000000946. The van der Waals surface area contributed by atoms with Gasteiger partial charge in [-0.1, -0.05) is 303 Å². The lowest BCUT2D eigenvalue weighted by atomic mass is 9.82. The molecule has 0 saturated heterocycles. The number of aryl methyl sites for hydroxylation is 5. The highest BCUT2D eigenvalue weighted by atomic mass is 32.1. The Morgan fingerprint density at radius 1 is 0.180 bits per heavy atom. The molecule has 0 saturated carbocycles. The molecule has 0 radical (unpaired) electrons. The van der Waals surface area contributed by atoms with E-state index >= 15 is 0 Å². The van der Waals surface area contributed by atoms with E-state index in [2.05, 4.69) is 484 Å². The van der Waals surface area contributed by atoms with Crippen molar-refractivity contribution in [1.29, 1.82) is 0 Å². The number of nitrogens with zero attached hydrogens (tertiary/aromatic N) is 5. The molecule has 6 heterocycles. The van der Waals surface area contributed by atoms with Crippen LogP contribution in [0.4, 0.5) is 0 Å². The summed E-state index contributed by atoms with van der Waals surface area (Å²) in [4.78, 5) is 0. The van der Waals surface area contributed by atoms with Gasteiger partial charge < -0.3 is 22.8 Å². The summed E-state index contributed by atoms with van der Waals surface area (Å²) in [5, 5.41) is 15.8. The molecule has 5 nitrogen and oxygen atoms in total. The summed E-state index contributed by atoms with van der Waals surface area (Å²) in [6.45, 7) is 15.4. The number of rotatable bonds is 6. The van der Waals surface area contributed by atoms with E-state index in [9.17, 15) is 0 Å². The quantitative estimate of drug-likeness (QED) is 0.159. The molecular formula is C116H89N5S. The third-order valence-electron chi connectivity index (χ3n) is 24.9. The molecule has 0 spiro atoms. The molecule has 584 valence electrons. The van der Waals surface area contributed by atoms with Gasteiger partial charge >= 0.3 is 0 Å². The number of hydrogen-bond donors (Lipinski definition) is 0. The third kappa shape index (κ3) is 13.1. The molecular weight excluding hydrogens is 1500 g/mol. The predicted molar refractivity (Wildman–Crippen MR) is 523 cm³/mol. The lowest BCUT2D eigenvalue weighted by molar-refractivity contribution is 0.661. The Kier molecular flexibility index (Phi) is 18.9. The van der Waals surface area contributed by atoms with Gasteiger partial charge in [0.25, 0.3) is 0 Å². The molecule has 0 fully saturated rings. The molecule has 6 aromatic heterocycles. The van der Waals surface area contributed by atoms with E-state index in [1.54, 1.807) is 0 Å². The predicted octanol–water partition coefficient (Wildman–Crippen LogP) is 31.8. The Labute approximate surface area is 714 Å². The van der Waals surface area contributed by atoms with E-state index in [4.69, 9.17) is 0 Å². The largest absolute Gasteiger partial charge is 0.309 e. The second-order valence-electron chi connectivity index (χ2n) is 33.1. The Bertz CT molecular complexity index is 8010. The minimum absolute atomic E-state index is 0.00861. The average molecular weight is 1590 g/mol. The maximum absolute atomic E-state index is 2.44. The highest BCUT2D eigenvalue weighted by Crippen LogP contribution is 2.52. The van der Waals surface area contributed by atoms with E-state index in [-0.39, 0.29) is 5.41 Å². The van der Waals surface area contributed by atoms with Crippen LogP contribution < -0.4 is 0 Å². The molecule has 122 heavy (non-hydrogen) atoms. The first-order valence-electron chi connectivity index (χ1n) is 42.3. The number of aromatic nitrogens is 5. The van der Waals surface area contributed by atoms with Crippen molar-refractivity contribution in [2.75, 3.05) is 0 Å². The molecule has 1 aliphatic rings. The van der Waals surface area contributed by atoms with Crippen molar-refractivity contribution in [3.8, 4) is 50.7 Å². The first-order valence-corrected chi connectivity index (χ1v) is 43.1.